The summed E-state index contributed by atoms with van der Waals surface area (Å²) in [7, 11) is -1.66. The van der Waals surface area contributed by atoms with E-state index >= 15 is 0 Å². The molecule has 20 heavy (non-hydrogen) atoms. The van der Waals surface area contributed by atoms with Crippen molar-refractivity contribution < 1.29 is 13.2 Å². The number of rotatable bonds is 9. The molecule has 0 atom stereocenters. The zero-order valence-electron chi connectivity index (χ0n) is 11.7. The number of nitrogens with zero attached hydrogens (tertiary/aromatic N) is 2. The Labute approximate surface area is 119 Å². The molecule has 0 aliphatic heterocycles. The summed E-state index contributed by atoms with van der Waals surface area (Å²) in [4.78, 5) is 8.54. The van der Waals surface area contributed by atoms with Gasteiger partial charge in [-0.05, 0) is 13.3 Å². The Morgan fingerprint density at radius 1 is 1.35 bits per heavy atom. The van der Waals surface area contributed by atoms with Crippen LogP contribution in [0.1, 0.15) is 19.2 Å². The fourth-order valence-electron chi connectivity index (χ4n) is 1.46. The molecule has 8 nitrogen and oxygen atoms in total. The van der Waals surface area contributed by atoms with Gasteiger partial charge in [-0.1, -0.05) is 0 Å². The van der Waals surface area contributed by atoms with E-state index in [1.807, 2.05) is 6.92 Å². The van der Waals surface area contributed by atoms with Gasteiger partial charge < -0.3 is 15.4 Å². The van der Waals surface area contributed by atoms with Crippen LogP contribution in [0.5, 0.6) is 0 Å². The fraction of sp³-hybridized carbons (Fsp3) is 0.636. The molecule has 9 heteroatoms. The second kappa shape index (κ2) is 7.98. The van der Waals surface area contributed by atoms with Crippen molar-refractivity contribution in [1.29, 1.82) is 0 Å². The lowest BCUT2D eigenvalue weighted by molar-refractivity contribution is 0.128. The Bertz CT molecular complexity index is 521. The van der Waals surface area contributed by atoms with Gasteiger partial charge in [-0.2, -0.15) is 0 Å². The molecule has 114 valence electrons. The highest BCUT2D eigenvalue weighted by Gasteiger charge is 2.05. The summed E-state index contributed by atoms with van der Waals surface area (Å²) < 4.78 is 26.9. The number of aromatic nitrogens is 2. The summed E-state index contributed by atoms with van der Waals surface area (Å²) in [6, 6.07) is 1.74. The van der Waals surface area contributed by atoms with Crippen LogP contribution >= 0.6 is 0 Å². The van der Waals surface area contributed by atoms with Gasteiger partial charge in [0.25, 0.3) is 0 Å². The van der Waals surface area contributed by atoms with Crippen LogP contribution in [0.25, 0.3) is 0 Å². The fourth-order valence-corrected chi connectivity index (χ4v) is 2.01. The van der Waals surface area contributed by atoms with Crippen molar-refractivity contribution in [3.05, 3.63) is 11.9 Å². The molecular weight excluding hydrogens is 282 g/mol. The van der Waals surface area contributed by atoms with E-state index in [1.54, 1.807) is 13.1 Å². The number of nitrogens with one attached hydrogen (secondary N) is 2. The first kappa shape index (κ1) is 16.6. The van der Waals surface area contributed by atoms with Gasteiger partial charge in [-0.25, -0.2) is 23.5 Å². The van der Waals surface area contributed by atoms with Crippen LogP contribution in [0.4, 0.5) is 11.6 Å². The Morgan fingerprint density at radius 2 is 2.05 bits per heavy atom. The van der Waals surface area contributed by atoms with Crippen molar-refractivity contribution in [1.82, 2.24) is 9.97 Å². The van der Waals surface area contributed by atoms with Crippen LogP contribution < -0.4 is 15.8 Å². The highest BCUT2D eigenvalue weighted by atomic mass is 32.2. The third-order valence-electron chi connectivity index (χ3n) is 2.38. The molecule has 0 saturated heterocycles. The van der Waals surface area contributed by atoms with Crippen molar-refractivity contribution in [3.63, 3.8) is 0 Å². The zero-order valence-corrected chi connectivity index (χ0v) is 12.5. The van der Waals surface area contributed by atoms with Gasteiger partial charge in [-0.15, -0.1) is 0 Å². The Morgan fingerprint density at radius 3 is 2.65 bits per heavy atom. The maximum atomic E-state index is 10.8. The van der Waals surface area contributed by atoms with E-state index in [0.29, 0.717) is 43.6 Å². The van der Waals surface area contributed by atoms with Crippen molar-refractivity contribution >= 4 is 21.7 Å². The molecule has 0 aromatic carbocycles. The summed E-state index contributed by atoms with van der Waals surface area (Å²) in [6.45, 7) is 3.28. The first-order chi connectivity index (χ1) is 9.44. The maximum Gasteiger partial charge on any atom is 0.209 e. The average molecular weight is 303 g/mol. The van der Waals surface area contributed by atoms with Gasteiger partial charge in [-0.3, -0.25) is 0 Å². The SMILES string of the molecule is CCOCc1nc(NC)cc(NCCCS(N)(=O)=O)n1. The molecule has 0 aliphatic rings. The highest BCUT2D eigenvalue weighted by molar-refractivity contribution is 7.89. The van der Waals surface area contributed by atoms with E-state index in [9.17, 15) is 8.42 Å². The largest absolute Gasteiger partial charge is 0.374 e. The summed E-state index contributed by atoms with van der Waals surface area (Å²) >= 11 is 0. The predicted molar refractivity (Wildman–Crippen MR) is 78.0 cm³/mol. The van der Waals surface area contributed by atoms with Crippen molar-refractivity contribution in [2.45, 2.75) is 20.0 Å². The molecule has 1 aromatic rings. The summed E-state index contributed by atoms with van der Waals surface area (Å²) in [5.41, 5.74) is 0. The van der Waals surface area contributed by atoms with Crippen LogP contribution in [0.3, 0.4) is 0 Å². The molecule has 0 saturated carbocycles. The number of anilines is 2. The molecule has 1 aromatic heterocycles. The van der Waals surface area contributed by atoms with Gasteiger partial charge in [0.1, 0.15) is 18.2 Å². The molecule has 0 unspecified atom stereocenters. The lowest BCUT2D eigenvalue weighted by Crippen LogP contribution is -2.19. The summed E-state index contributed by atoms with van der Waals surface area (Å²) in [5.74, 6) is 1.79. The standard InChI is InChI=1S/C11H21N5O3S/c1-3-19-8-11-15-9(13-2)7-10(16-11)14-5-4-6-20(12,17)18/h7H,3-6,8H2,1-2H3,(H2,12,17,18)(H2,13,14,15,16). The number of hydrogen-bond acceptors (Lipinski definition) is 7. The number of primary sulfonamides is 1. The molecule has 0 spiro atoms. The third kappa shape index (κ3) is 6.64. The van der Waals surface area contributed by atoms with Gasteiger partial charge in [0, 0.05) is 26.3 Å². The number of ether oxygens (including phenoxy) is 1. The van der Waals surface area contributed by atoms with E-state index in [2.05, 4.69) is 20.6 Å². The second-order valence-corrected chi connectivity index (χ2v) is 5.82. The van der Waals surface area contributed by atoms with Crippen LogP contribution in [-0.2, 0) is 21.4 Å². The molecule has 0 aliphatic carbocycles. The maximum absolute atomic E-state index is 10.8. The normalized spacial score (nSPS) is 11.3. The van der Waals surface area contributed by atoms with E-state index in [4.69, 9.17) is 9.88 Å². The van der Waals surface area contributed by atoms with E-state index in [-0.39, 0.29) is 5.75 Å². The van der Waals surface area contributed by atoms with Gasteiger partial charge in [0.05, 0.1) is 5.75 Å². The first-order valence-electron chi connectivity index (χ1n) is 6.32. The molecule has 0 amide bonds. The molecule has 4 N–H and O–H groups in total. The predicted octanol–water partition coefficient (Wildman–Crippen LogP) is 0.145. The molecule has 0 fully saturated rings. The molecular formula is C11H21N5O3S. The van der Waals surface area contributed by atoms with E-state index < -0.39 is 10.0 Å². The highest BCUT2D eigenvalue weighted by Crippen LogP contribution is 2.11. The lowest BCUT2D eigenvalue weighted by Gasteiger charge is -2.09. The minimum Gasteiger partial charge on any atom is -0.374 e. The number of nitrogens with two attached hydrogens (primary N) is 1. The molecule has 0 bridgehead atoms. The van der Waals surface area contributed by atoms with E-state index in [1.165, 1.54) is 0 Å². The van der Waals surface area contributed by atoms with Crippen molar-refractivity contribution in [2.75, 3.05) is 36.6 Å². The Hall–Kier alpha value is -1.45. The average Bonchev–Trinajstić information content (AvgIpc) is 2.40. The Kier molecular flexibility index (Phi) is 6.62. The smallest absolute Gasteiger partial charge is 0.209 e. The first-order valence-corrected chi connectivity index (χ1v) is 8.04. The molecule has 0 radical (unpaired) electrons. The molecule has 1 rings (SSSR count). The van der Waals surface area contributed by atoms with Crippen LogP contribution in [0.2, 0.25) is 0 Å². The van der Waals surface area contributed by atoms with Crippen LogP contribution in [0, 0.1) is 0 Å². The van der Waals surface area contributed by atoms with Gasteiger partial charge in [0.15, 0.2) is 5.82 Å². The number of sulfonamides is 1. The van der Waals surface area contributed by atoms with Gasteiger partial charge >= 0.3 is 0 Å². The van der Waals surface area contributed by atoms with Crippen LogP contribution in [-0.4, -0.2) is 44.3 Å². The summed E-state index contributed by atoms with van der Waals surface area (Å²) in [6.07, 6.45) is 0.415. The third-order valence-corrected chi connectivity index (χ3v) is 3.23. The quantitative estimate of drug-likeness (QED) is 0.555. The summed E-state index contributed by atoms with van der Waals surface area (Å²) in [5, 5.41) is 10.9. The van der Waals surface area contributed by atoms with Crippen LogP contribution in [0.15, 0.2) is 6.07 Å². The number of hydrogen-bond donors (Lipinski definition) is 3. The topological polar surface area (TPSA) is 119 Å². The minimum absolute atomic E-state index is 0.0598. The van der Waals surface area contributed by atoms with E-state index in [0.717, 1.165) is 0 Å². The van der Waals surface area contributed by atoms with Gasteiger partial charge in [0.2, 0.25) is 10.0 Å². The van der Waals surface area contributed by atoms with Crippen molar-refractivity contribution in [3.8, 4) is 0 Å². The second-order valence-electron chi connectivity index (χ2n) is 4.09. The minimum atomic E-state index is -3.42. The lowest BCUT2D eigenvalue weighted by atomic mass is 10.4. The monoisotopic (exact) mass is 303 g/mol. The van der Waals surface area contributed by atoms with Crippen molar-refractivity contribution in [2.24, 2.45) is 5.14 Å². The molecule has 1 heterocycles. The zero-order chi connectivity index (χ0) is 15.0. The Balaban J connectivity index is 2.59.